The van der Waals surface area contributed by atoms with Crippen molar-refractivity contribution in [2.24, 2.45) is 0 Å². The van der Waals surface area contributed by atoms with Gasteiger partial charge in [-0.3, -0.25) is 19.8 Å². The number of nitrogens with two attached hydrogens (primary N) is 1. The SMILES string of the molecule is COCCNC(=O)CN(C)Cc1cccc([N+](=O)[O-])c1N. The molecule has 3 N–H and O–H groups in total. The molecule has 0 heterocycles. The highest BCUT2D eigenvalue weighted by Crippen LogP contribution is 2.25. The Morgan fingerprint density at radius 1 is 1.52 bits per heavy atom. The molecule has 1 amide bonds. The van der Waals surface area contributed by atoms with E-state index < -0.39 is 4.92 Å². The van der Waals surface area contributed by atoms with E-state index in [4.69, 9.17) is 10.5 Å². The molecule has 0 atom stereocenters. The number of nitrogens with zero attached hydrogens (tertiary/aromatic N) is 2. The van der Waals surface area contributed by atoms with E-state index >= 15 is 0 Å². The molecule has 8 heteroatoms. The Morgan fingerprint density at radius 2 is 2.24 bits per heavy atom. The van der Waals surface area contributed by atoms with Gasteiger partial charge in [0.15, 0.2) is 0 Å². The van der Waals surface area contributed by atoms with Crippen LogP contribution in [0.15, 0.2) is 18.2 Å². The Hall–Kier alpha value is -2.19. The van der Waals surface area contributed by atoms with Gasteiger partial charge in [-0.25, -0.2) is 0 Å². The van der Waals surface area contributed by atoms with Crippen molar-refractivity contribution in [3.05, 3.63) is 33.9 Å². The minimum Gasteiger partial charge on any atom is -0.393 e. The largest absolute Gasteiger partial charge is 0.393 e. The third kappa shape index (κ3) is 5.36. The highest BCUT2D eigenvalue weighted by molar-refractivity contribution is 5.78. The highest BCUT2D eigenvalue weighted by Gasteiger charge is 2.16. The van der Waals surface area contributed by atoms with Crippen LogP contribution in [0.1, 0.15) is 5.56 Å². The number of hydrogen-bond donors (Lipinski definition) is 2. The highest BCUT2D eigenvalue weighted by atomic mass is 16.6. The van der Waals surface area contributed by atoms with Gasteiger partial charge in [-0.1, -0.05) is 12.1 Å². The van der Waals surface area contributed by atoms with Crippen molar-refractivity contribution in [1.82, 2.24) is 10.2 Å². The molecule has 21 heavy (non-hydrogen) atoms. The number of carbonyl (C=O) groups excluding carboxylic acids is 1. The first-order valence-corrected chi connectivity index (χ1v) is 6.41. The van der Waals surface area contributed by atoms with E-state index in [1.54, 1.807) is 31.2 Å². The number of nitro benzene ring substituents is 1. The van der Waals surface area contributed by atoms with Crippen molar-refractivity contribution in [2.45, 2.75) is 6.54 Å². The number of likely N-dealkylation sites (N-methyl/N-ethyl adjacent to an activating group) is 1. The lowest BCUT2D eigenvalue weighted by Gasteiger charge is -2.17. The number of nitrogen functional groups attached to an aromatic ring is 1. The number of hydrogen-bond acceptors (Lipinski definition) is 6. The first-order chi connectivity index (χ1) is 9.95. The number of para-hydroxylation sites is 1. The fourth-order valence-corrected chi connectivity index (χ4v) is 1.84. The summed E-state index contributed by atoms with van der Waals surface area (Å²) in [5, 5.41) is 13.5. The molecule has 8 nitrogen and oxygen atoms in total. The first-order valence-electron chi connectivity index (χ1n) is 6.41. The maximum Gasteiger partial charge on any atom is 0.292 e. The topological polar surface area (TPSA) is 111 Å². The molecule has 0 aromatic heterocycles. The molecule has 0 saturated carbocycles. The Morgan fingerprint density at radius 3 is 2.86 bits per heavy atom. The quantitative estimate of drug-likeness (QED) is 0.310. The van der Waals surface area contributed by atoms with Crippen molar-refractivity contribution in [3.63, 3.8) is 0 Å². The number of ether oxygens (including phenoxy) is 1. The van der Waals surface area contributed by atoms with Gasteiger partial charge >= 0.3 is 0 Å². The molecule has 0 fully saturated rings. The summed E-state index contributed by atoms with van der Waals surface area (Å²) in [5.74, 6) is -0.140. The molecular formula is C13H20N4O4. The smallest absolute Gasteiger partial charge is 0.292 e. The molecule has 0 saturated heterocycles. The molecule has 1 aromatic carbocycles. The van der Waals surface area contributed by atoms with Gasteiger partial charge in [0.25, 0.3) is 5.69 Å². The zero-order valence-corrected chi connectivity index (χ0v) is 12.2. The maximum atomic E-state index is 11.6. The third-order valence-corrected chi connectivity index (χ3v) is 2.85. The van der Waals surface area contributed by atoms with Gasteiger partial charge in [-0.15, -0.1) is 0 Å². The molecule has 1 rings (SSSR count). The average Bonchev–Trinajstić information content (AvgIpc) is 2.41. The summed E-state index contributed by atoms with van der Waals surface area (Å²) in [7, 11) is 3.30. The predicted octanol–water partition coefficient (Wildman–Crippen LogP) is 0.371. The van der Waals surface area contributed by atoms with E-state index in [1.807, 2.05) is 0 Å². The van der Waals surface area contributed by atoms with Gasteiger partial charge in [-0.2, -0.15) is 0 Å². The Labute approximate surface area is 123 Å². The molecule has 1 aromatic rings. The van der Waals surface area contributed by atoms with Crippen LogP contribution in [0.25, 0.3) is 0 Å². The van der Waals surface area contributed by atoms with E-state index in [0.717, 1.165) is 0 Å². The zero-order valence-electron chi connectivity index (χ0n) is 12.2. The number of nitrogens with one attached hydrogen (secondary N) is 1. The van der Waals surface area contributed by atoms with Gasteiger partial charge in [-0.05, 0) is 12.6 Å². The molecular weight excluding hydrogens is 276 g/mol. The van der Waals surface area contributed by atoms with Crippen LogP contribution in [0.4, 0.5) is 11.4 Å². The molecule has 0 spiro atoms. The van der Waals surface area contributed by atoms with Crippen molar-refractivity contribution >= 4 is 17.3 Å². The van der Waals surface area contributed by atoms with Crippen LogP contribution in [0, 0.1) is 10.1 Å². The molecule has 0 bridgehead atoms. The maximum absolute atomic E-state index is 11.6. The van der Waals surface area contributed by atoms with E-state index in [2.05, 4.69) is 5.32 Å². The third-order valence-electron chi connectivity index (χ3n) is 2.85. The summed E-state index contributed by atoms with van der Waals surface area (Å²) >= 11 is 0. The van der Waals surface area contributed by atoms with E-state index in [1.165, 1.54) is 6.07 Å². The van der Waals surface area contributed by atoms with Crippen LogP contribution in [-0.4, -0.2) is 49.6 Å². The molecule has 0 aliphatic rings. The van der Waals surface area contributed by atoms with E-state index in [0.29, 0.717) is 25.3 Å². The zero-order chi connectivity index (χ0) is 15.8. The fraction of sp³-hybridized carbons (Fsp3) is 0.462. The monoisotopic (exact) mass is 296 g/mol. The molecule has 0 unspecified atom stereocenters. The van der Waals surface area contributed by atoms with E-state index in [9.17, 15) is 14.9 Å². The number of nitro groups is 1. The van der Waals surface area contributed by atoms with Crippen LogP contribution in [-0.2, 0) is 16.1 Å². The average molecular weight is 296 g/mol. The number of anilines is 1. The summed E-state index contributed by atoms with van der Waals surface area (Å²) in [4.78, 5) is 23.7. The predicted molar refractivity (Wildman–Crippen MR) is 78.7 cm³/mol. The summed E-state index contributed by atoms with van der Waals surface area (Å²) < 4.78 is 4.84. The van der Waals surface area contributed by atoms with Gasteiger partial charge in [0.2, 0.25) is 5.91 Å². The second-order valence-corrected chi connectivity index (χ2v) is 4.62. The number of amides is 1. The number of benzene rings is 1. The standard InChI is InChI=1S/C13H20N4O4/c1-16(9-12(18)15-6-7-21-2)8-10-4-3-5-11(13(10)14)17(19)20/h3-5H,6-9,14H2,1-2H3,(H,15,18). The van der Waals surface area contributed by atoms with Crippen LogP contribution >= 0.6 is 0 Å². The summed E-state index contributed by atoms with van der Waals surface area (Å²) in [5.41, 5.74) is 6.41. The van der Waals surface area contributed by atoms with Gasteiger partial charge in [0.05, 0.1) is 18.1 Å². The van der Waals surface area contributed by atoms with Crippen LogP contribution < -0.4 is 11.1 Å². The fourth-order valence-electron chi connectivity index (χ4n) is 1.84. The lowest BCUT2D eigenvalue weighted by Crippen LogP contribution is -2.36. The van der Waals surface area contributed by atoms with E-state index in [-0.39, 0.29) is 23.8 Å². The van der Waals surface area contributed by atoms with Gasteiger partial charge in [0, 0.05) is 26.3 Å². The summed E-state index contributed by atoms with van der Waals surface area (Å²) in [6.07, 6.45) is 0. The van der Waals surface area contributed by atoms with Crippen LogP contribution in [0.2, 0.25) is 0 Å². The number of methoxy groups -OCH3 is 1. The number of carbonyl (C=O) groups is 1. The van der Waals surface area contributed by atoms with Crippen molar-refractivity contribution in [3.8, 4) is 0 Å². The Kier molecular flexibility index (Phi) is 6.57. The lowest BCUT2D eigenvalue weighted by atomic mass is 10.1. The second-order valence-electron chi connectivity index (χ2n) is 4.62. The molecule has 0 aliphatic carbocycles. The van der Waals surface area contributed by atoms with Crippen LogP contribution in [0.5, 0.6) is 0 Å². The Balaban J connectivity index is 2.59. The summed E-state index contributed by atoms with van der Waals surface area (Å²) in [6.45, 7) is 1.42. The molecule has 0 radical (unpaired) electrons. The molecule has 0 aliphatic heterocycles. The van der Waals surface area contributed by atoms with Crippen molar-refractivity contribution in [2.75, 3.05) is 39.6 Å². The Bertz CT molecular complexity index is 507. The minimum absolute atomic E-state index is 0.120. The van der Waals surface area contributed by atoms with Crippen molar-refractivity contribution in [1.29, 1.82) is 0 Å². The van der Waals surface area contributed by atoms with Crippen molar-refractivity contribution < 1.29 is 14.5 Å². The van der Waals surface area contributed by atoms with Crippen LogP contribution in [0.3, 0.4) is 0 Å². The minimum atomic E-state index is -0.518. The summed E-state index contributed by atoms with van der Waals surface area (Å²) in [6, 6.07) is 4.65. The molecule has 116 valence electrons. The second kappa shape index (κ2) is 8.18. The first kappa shape index (κ1) is 16.9. The normalized spacial score (nSPS) is 10.6. The van der Waals surface area contributed by atoms with Gasteiger partial charge < -0.3 is 15.8 Å². The number of rotatable bonds is 8. The van der Waals surface area contributed by atoms with Gasteiger partial charge in [0.1, 0.15) is 5.69 Å². The lowest BCUT2D eigenvalue weighted by molar-refractivity contribution is -0.384.